The third kappa shape index (κ3) is 17.3. The standard InChI is InChI=1S/C29H48O4/c1-3-4-5-6-7-8-9-10-11-12-13-14-15-16-17-18-24-33-28-21-19-27(20-22-28)29(31)23-25-32-26(2)30/h19-22H,3-18,23-25H2,1-2H3. The van der Waals surface area contributed by atoms with E-state index in [1.807, 2.05) is 12.1 Å². The Morgan fingerprint density at radius 2 is 1.09 bits per heavy atom. The van der Waals surface area contributed by atoms with Crippen LogP contribution in [0, 0.1) is 0 Å². The summed E-state index contributed by atoms with van der Waals surface area (Å²) in [7, 11) is 0. The second-order valence-electron chi connectivity index (χ2n) is 9.19. The SMILES string of the molecule is CCCCCCCCCCCCCCCCCCOc1ccc(C(=O)CCOC(C)=O)cc1. The zero-order valence-electron chi connectivity index (χ0n) is 21.4. The van der Waals surface area contributed by atoms with Gasteiger partial charge in [-0.3, -0.25) is 9.59 Å². The molecule has 0 heterocycles. The van der Waals surface area contributed by atoms with Crippen LogP contribution in [0.5, 0.6) is 5.75 Å². The van der Waals surface area contributed by atoms with E-state index in [0.29, 0.717) is 5.56 Å². The van der Waals surface area contributed by atoms with Gasteiger partial charge in [-0.1, -0.05) is 103 Å². The van der Waals surface area contributed by atoms with Crippen LogP contribution in [0.2, 0.25) is 0 Å². The molecule has 0 spiro atoms. The van der Waals surface area contributed by atoms with E-state index in [2.05, 4.69) is 6.92 Å². The molecule has 0 fully saturated rings. The molecule has 1 rings (SSSR count). The summed E-state index contributed by atoms with van der Waals surface area (Å²) < 4.78 is 10.6. The van der Waals surface area contributed by atoms with Crippen molar-refractivity contribution in [3.63, 3.8) is 0 Å². The lowest BCUT2D eigenvalue weighted by molar-refractivity contribution is -0.140. The molecular weight excluding hydrogens is 412 g/mol. The second-order valence-corrected chi connectivity index (χ2v) is 9.19. The van der Waals surface area contributed by atoms with E-state index in [-0.39, 0.29) is 24.8 Å². The number of hydrogen-bond donors (Lipinski definition) is 0. The molecule has 188 valence electrons. The molecule has 0 N–H and O–H groups in total. The van der Waals surface area contributed by atoms with Gasteiger partial charge in [0.2, 0.25) is 0 Å². The van der Waals surface area contributed by atoms with Gasteiger partial charge in [-0.15, -0.1) is 0 Å². The average molecular weight is 461 g/mol. The van der Waals surface area contributed by atoms with Crippen molar-refractivity contribution in [3.8, 4) is 5.75 Å². The van der Waals surface area contributed by atoms with Crippen molar-refractivity contribution in [1.82, 2.24) is 0 Å². The van der Waals surface area contributed by atoms with Gasteiger partial charge in [0, 0.05) is 18.9 Å². The van der Waals surface area contributed by atoms with Gasteiger partial charge in [0.15, 0.2) is 5.78 Å². The largest absolute Gasteiger partial charge is 0.494 e. The van der Waals surface area contributed by atoms with E-state index >= 15 is 0 Å². The molecule has 0 amide bonds. The Kier molecular flexibility index (Phi) is 18.4. The molecule has 4 heteroatoms. The fourth-order valence-corrected chi connectivity index (χ4v) is 4.01. The van der Waals surface area contributed by atoms with Crippen molar-refractivity contribution in [2.45, 2.75) is 123 Å². The van der Waals surface area contributed by atoms with Gasteiger partial charge in [0.05, 0.1) is 13.2 Å². The van der Waals surface area contributed by atoms with Gasteiger partial charge in [0.25, 0.3) is 0 Å². The first-order valence-electron chi connectivity index (χ1n) is 13.5. The van der Waals surface area contributed by atoms with E-state index in [1.165, 1.54) is 103 Å². The summed E-state index contributed by atoms with van der Waals surface area (Å²) in [6.45, 7) is 4.47. The van der Waals surface area contributed by atoms with Crippen molar-refractivity contribution < 1.29 is 19.1 Å². The number of carbonyl (C=O) groups excluding carboxylic acids is 2. The first-order chi connectivity index (χ1) is 16.1. The van der Waals surface area contributed by atoms with Crippen molar-refractivity contribution in [1.29, 1.82) is 0 Å². The molecule has 0 saturated carbocycles. The van der Waals surface area contributed by atoms with Crippen LogP contribution in [0.4, 0.5) is 0 Å². The monoisotopic (exact) mass is 460 g/mol. The van der Waals surface area contributed by atoms with Crippen LogP contribution < -0.4 is 4.74 Å². The molecule has 0 aromatic heterocycles. The highest BCUT2D eigenvalue weighted by Gasteiger charge is 2.07. The molecule has 0 aliphatic carbocycles. The lowest BCUT2D eigenvalue weighted by atomic mass is 10.0. The number of benzene rings is 1. The number of Topliss-reactive ketones (excluding diaryl/α,β-unsaturated/α-hetero) is 1. The molecule has 1 aromatic rings. The Morgan fingerprint density at radius 3 is 1.55 bits per heavy atom. The summed E-state index contributed by atoms with van der Waals surface area (Å²) in [6.07, 6.45) is 22.0. The molecule has 0 atom stereocenters. The predicted octanol–water partition coefficient (Wildman–Crippen LogP) is 8.46. The lowest BCUT2D eigenvalue weighted by Gasteiger charge is -2.07. The van der Waals surface area contributed by atoms with Gasteiger partial charge in [-0.2, -0.15) is 0 Å². The topological polar surface area (TPSA) is 52.6 Å². The molecule has 0 radical (unpaired) electrons. The fraction of sp³-hybridized carbons (Fsp3) is 0.724. The van der Waals surface area contributed by atoms with Crippen LogP contribution in [0.25, 0.3) is 0 Å². The van der Waals surface area contributed by atoms with Gasteiger partial charge >= 0.3 is 5.97 Å². The number of ketones is 1. The first kappa shape index (κ1) is 29.2. The molecule has 1 aromatic carbocycles. The van der Waals surface area contributed by atoms with Crippen molar-refractivity contribution >= 4 is 11.8 Å². The first-order valence-corrected chi connectivity index (χ1v) is 13.5. The van der Waals surface area contributed by atoms with E-state index in [1.54, 1.807) is 12.1 Å². The number of rotatable bonds is 22. The molecule has 0 saturated heterocycles. The average Bonchev–Trinajstić information content (AvgIpc) is 2.81. The Labute approximate surface area is 202 Å². The second kappa shape index (κ2) is 20.7. The zero-order valence-corrected chi connectivity index (χ0v) is 21.4. The van der Waals surface area contributed by atoms with Crippen LogP contribution in [-0.4, -0.2) is 25.0 Å². The van der Waals surface area contributed by atoms with E-state index in [0.717, 1.165) is 18.8 Å². The van der Waals surface area contributed by atoms with Crippen molar-refractivity contribution in [3.05, 3.63) is 29.8 Å². The molecule has 0 aliphatic rings. The highest BCUT2D eigenvalue weighted by Crippen LogP contribution is 2.16. The van der Waals surface area contributed by atoms with Gasteiger partial charge < -0.3 is 9.47 Å². The normalized spacial score (nSPS) is 10.8. The molecule has 0 bridgehead atoms. The van der Waals surface area contributed by atoms with Gasteiger partial charge in [0.1, 0.15) is 5.75 Å². The van der Waals surface area contributed by atoms with Gasteiger partial charge in [-0.25, -0.2) is 0 Å². The van der Waals surface area contributed by atoms with Crippen LogP contribution >= 0.6 is 0 Å². The fourth-order valence-electron chi connectivity index (χ4n) is 4.01. The van der Waals surface area contributed by atoms with Crippen molar-refractivity contribution in [2.75, 3.05) is 13.2 Å². The summed E-state index contributed by atoms with van der Waals surface area (Å²) in [5.74, 6) is 0.411. The van der Waals surface area contributed by atoms with Crippen LogP contribution in [0.3, 0.4) is 0 Å². The van der Waals surface area contributed by atoms with Crippen LogP contribution in [-0.2, 0) is 9.53 Å². The minimum atomic E-state index is -0.361. The minimum absolute atomic E-state index is 0.0272. The Morgan fingerprint density at radius 1 is 0.636 bits per heavy atom. The minimum Gasteiger partial charge on any atom is -0.494 e. The van der Waals surface area contributed by atoms with Crippen LogP contribution in [0.1, 0.15) is 133 Å². The maximum Gasteiger partial charge on any atom is 0.302 e. The van der Waals surface area contributed by atoms with E-state index in [9.17, 15) is 9.59 Å². The summed E-state index contributed by atoms with van der Waals surface area (Å²) in [4.78, 5) is 22.8. The zero-order chi connectivity index (χ0) is 24.0. The lowest BCUT2D eigenvalue weighted by Crippen LogP contribution is -2.07. The number of unbranched alkanes of at least 4 members (excludes halogenated alkanes) is 15. The third-order valence-electron chi connectivity index (χ3n) is 6.08. The highest BCUT2D eigenvalue weighted by atomic mass is 16.5. The number of hydrogen-bond acceptors (Lipinski definition) is 4. The summed E-state index contributed by atoms with van der Waals surface area (Å²) in [5.41, 5.74) is 0.622. The Hall–Kier alpha value is -1.84. The number of carbonyl (C=O) groups is 2. The third-order valence-corrected chi connectivity index (χ3v) is 6.08. The quantitative estimate of drug-likeness (QED) is 0.0989. The maximum absolute atomic E-state index is 12.0. The molecule has 33 heavy (non-hydrogen) atoms. The molecule has 0 unspecified atom stereocenters. The van der Waals surface area contributed by atoms with E-state index in [4.69, 9.17) is 9.47 Å². The van der Waals surface area contributed by atoms with Gasteiger partial charge in [-0.05, 0) is 30.7 Å². The summed E-state index contributed by atoms with van der Waals surface area (Å²) >= 11 is 0. The molecular formula is C29H48O4. The highest BCUT2D eigenvalue weighted by molar-refractivity contribution is 5.96. The molecule has 0 aliphatic heterocycles. The Bertz CT molecular complexity index is 609. The maximum atomic E-state index is 12.0. The van der Waals surface area contributed by atoms with E-state index < -0.39 is 0 Å². The smallest absolute Gasteiger partial charge is 0.302 e. The predicted molar refractivity (Wildman–Crippen MR) is 137 cm³/mol. The Balaban J connectivity index is 1.90. The van der Waals surface area contributed by atoms with Crippen molar-refractivity contribution in [2.24, 2.45) is 0 Å². The summed E-state index contributed by atoms with van der Waals surface area (Å²) in [6, 6.07) is 7.23. The molecule has 4 nitrogen and oxygen atoms in total. The number of esters is 1. The summed E-state index contributed by atoms with van der Waals surface area (Å²) in [5, 5.41) is 0. The number of ether oxygens (including phenoxy) is 2. The van der Waals surface area contributed by atoms with Crippen LogP contribution in [0.15, 0.2) is 24.3 Å².